The van der Waals surface area contributed by atoms with E-state index in [0.717, 1.165) is 62.5 Å². The number of rotatable bonds is 5. The number of hydrogen-bond acceptors (Lipinski definition) is 7. The minimum Gasteiger partial charge on any atom is -0.461 e. The van der Waals surface area contributed by atoms with Crippen LogP contribution in [0.4, 0.5) is 10.2 Å². The molecule has 2 bridgehead atoms. The molecule has 6 heterocycles. The molecule has 1 amide bonds. The van der Waals surface area contributed by atoms with E-state index in [4.69, 9.17) is 21.3 Å². The van der Waals surface area contributed by atoms with E-state index in [2.05, 4.69) is 20.2 Å². The lowest BCUT2D eigenvalue weighted by Crippen LogP contribution is -2.51. The summed E-state index contributed by atoms with van der Waals surface area (Å²) in [5.74, 6) is 0.289. The Bertz CT molecular complexity index is 1700. The average Bonchev–Trinajstić information content (AvgIpc) is 3.65. The quantitative estimate of drug-likeness (QED) is 0.356. The number of nitrogens with zero attached hydrogens (tertiary/aromatic N) is 5. The monoisotopic (exact) mass is 572 g/mol. The van der Waals surface area contributed by atoms with Crippen LogP contribution in [-0.4, -0.2) is 69.6 Å². The predicted molar refractivity (Wildman–Crippen MR) is 156 cm³/mol. The van der Waals surface area contributed by atoms with Gasteiger partial charge in [0.1, 0.15) is 23.6 Å². The van der Waals surface area contributed by atoms with Crippen molar-refractivity contribution in [2.45, 2.75) is 56.1 Å². The highest BCUT2D eigenvalue weighted by atomic mass is 35.5. The first-order valence-corrected chi connectivity index (χ1v) is 14.8. The Morgan fingerprint density at radius 2 is 1.90 bits per heavy atom. The van der Waals surface area contributed by atoms with Crippen LogP contribution in [-0.2, 0) is 4.79 Å². The van der Waals surface area contributed by atoms with Crippen LogP contribution in [0.2, 0.25) is 5.02 Å². The second kappa shape index (κ2) is 9.49. The third-order valence-electron chi connectivity index (χ3n) is 9.44. The SMILES string of the molecule is O=C1CCC2(COc3nc(N4CC5CCC(C4)N5)c4cnc(-c5cccc6cccc(Cl)c56)c(F)c4n3)CCCN12. The molecule has 4 fully saturated rings. The van der Waals surface area contributed by atoms with Crippen LogP contribution in [0.1, 0.15) is 38.5 Å². The normalized spacial score (nSPS) is 25.5. The fourth-order valence-electron chi connectivity index (χ4n) is 7.46. The van der Waals surface area contributed by atoms with Gasteiger partial charge in [-0.3, -0.25) is 9.78 Å². The van der Waals surface area contributed by atoms with Gasteiger partial charge in [0.2, 0.25) is 5.91 Å². The Morgan fingerprint density at radius 3 is 2.73 bits per heavy atom. The van der Waals surface area contributed by atoms with Gasteiger partial charge >= 0.3 is 6.01 Å². The number of fused-ring (bicyclic) bond motifs is 5. The maximum Gasteiger partial charge on any atom is 0.319 e. The van der Waals surface area contributed by atoms with Crippen LogP contribution in [0.15, 0.2) is 42.6 Å². The zero-order valence-electron chi connectivity index (χ0n) is 22.6. The number of amides is 1. The van der Waals surface area contributed by atoms with Crippen LogP contribution < -0.4 is 15.0 Å². The first-order chi connectivity index (χ1) is 20.0. The lowest BCUT2D eigenvalue weighted by atomic mass is 9.95. The third kappa shape index (κ3) is 4.04. The van der Waals surface area contributed by atoms with Crippen molar-refractivity contribution in [3.63, 3.8) is 0 Å². The zero-order chi connectivity index (χ0) is 27.7. The van der Waals surface area contributed by atoms with E-state index in [1.54, 1.807) is 12.3 Å². The fraction of sp³-hybridized carbons (Fsp3) is 0.419. The molecule has 4 aromatic rings. The highest BCUT2D eigenvalue weighted by Crippen LogP contribution is 2.41. The summed E-state index contributed by atoms with van der Waals surface area (Å²) in [6.07, 6.45) is 7.05. The molecule has 210 valence electrons. The molecule has 8 nitrogen and oxygen atoms in total. The molecular formula is C31H30ClFN6O2. The van der Waals surface area contributed by atoms with Crippen LogP contribution in [0.3, 0.4) is 0 Å². The van der Waals surface area contributed by atoms with Gasteiger partial charge in [-0.05, 0) is 43.6 Å². The molecule has 8 rings (SSSR count). The maximum atomic E-state index is 16.6. The predicted octanol–water partition coefficient (Wildman–Crippen LogP) is 5.11. The van der Waals surface area contributed by atoms with Crippen LogP contribution in [0.25, 0.3) is 32.9 Å². The van der Waals surface area contributed by atoms with Gasteiger partial charge in [-0.2, -0.15) is 9.97 Å². The number of carbonyl (C=O) groups is 1. The lowest BCUT2D eigenvalue weighted by molar-refractivity contribution is -0.130. The van der Waals surface area contributed by atoms with E-state index in [1.165, 1.54) is 0 Å². The minimum atomic E-state index is -0.529. The number of benzene rings is 2. The second-order valence-corrected chi connectivity index (χ2v) is 12.3. The van der Waals surface area contributed by atoms with Crippen molar-refractivity contribution in [3.8, 4) is 17.3 Å². The van der Waals surface area contributed by atoms with Gasteiger partial charge in [0.05, 0.1) is 10.9 Å². The summed E-state index contributed by atoms with van der Waals surface area (Å²) < 4.78 is 22.9. The zero-order valence-corrected chi connectivity index (χ0v) is 23.3. The number of pyridine rings is 1. The average molecular weight is 573 g/mol. The second-order valence-electron chi connectivity index (χ2n) is 11.9. The smallest absolute Gasteiger partial charge is 0.319 e. The van der Waals surface area contributed by atoms with E-state index < -0.39 is 5.82 Å². The molecule has 10 heteroatoms. The summed E-state index contributed by atoms with van der Waals surface area (Å²) in [7, 11) is 0. The Labute approximate surface area is 241 Å². The van der Waals surface area contributed by atoms with Crippen molar-refractivity contribution in [2.24, 2.45) is 0 Å². The summed E-state index contributed by atoms with van der Waals surface area (Å²) in [6.45, 7) is 2.61. The van der Waals surface area contributed by atoms with Crippen molar-refractivity contribution in [2.75, 3.05) is 31.1 Å². The van der Waals surface area contributed by atoms with Crippen LogP contribution in [0.5, 0.6) is 6.01 Å². The number of hydrogen-bond donors (Lipinski definition) is 1. The third-order valence-corrected chi connectivity index (χ3v) is 9.76. The molecule has 2 aromatic heterocycles. The molecule has 4 saturated heterocycles. The highest BCUT2D eigenvalue weighted by molar-refractivity contribution is 6.36. The molecule has 0 aliphatic carbocycles. The van der Waals surface area contributed by atoms with E-state index >= 15 is 4.39 Å². The van der Waals surface area contributed by atoms with Gasteiger partial charge < -0.3 is 19.9 Å². The largest absolute Gasteiger partial charge is 0.461 e. The molecule has 0 saturated carbocycles. The molecule has 0 radical (unpaired) electrons. The number of nitrogens with one attached hydrogen (secondary N) is 1. The number of anilines is 1. The summed E-state index contributed by atoms with van der Waals surface area (Å²) in [5, 5.41) is 6.40. The standard InChI is InChI=1S/C31H30ClFN6O2/c32-23-7-2-5-18-4-1-6-21(25(18)23)27-26(33)28-22(14-34-27)29(38-15-19-8-9-20(16-38)35-19)37-30(36-28)41-17-31-11-3-13-39(31)24(40)10-12-31/h1-2,4-7,14,19-20,35H,3,8-13,15-17H2. The van der Waals surface area contributed by atoms with E-state index in [1.807, 2.05) is 35.2 Å². The fourth-order valence-corrected chi connectivity index (χ4v) is 7.74. The molecular weight excluding hydrogens is 543 g/mol. The number of piperazine rings is 1. The van der Waals surface area contributed by atoms with E-state index in [-0.39, 0.29) is 28.7 Å². The first-order valence-electron chi connectivity index (χ1n) is 14.5. The van der Waals surface area contributed by atoms with Gasteiger partial charge in [-0.25, -0.2) is 4.39 Å². The number of halogens is 2. The molecule has 1 N–H and O–H groups in total. The van der Waals surface area contributed by atoms with Gasteiger partial charge in [0.15, 0.2) is 5.82 Å². The van der Waals surface area contributed by atoms with Crippen molar-refractivity contribution in [3.05, 3.63) is 53.4 Å². The topological polar surface area (TPSA) is 83.5 Å². The maximum absolute atomic E-state index is 16.6. The Morgan fingerprint density at radius 1 is 1.10 bits per heavy atom. The number of carbonyl (C=O) groups excluding carboxylic acids is 1. The molecule has 3 atom stereocenters. The Kier molecular flexibility index (Phi) is 5.83. The molecule has 2 aromatic carbocycles. The first kappa shape index (κ1) is 25.2. The number of ether oxygens (including phenoxy) is 1. The summed E-state index contributed by atoms with van der Waals surface area (Å²) in [5.41, 5.74) is 0.647. The highest BCUT2D eigenvalue weighted by Gasteiger charge is 2.49. The Hall–Kier alpha value is -3.56. The van der Waals surface area contributed by atoms with Crippen molar-refractivity contribution in [1.82, 2.24) is 25.2 Å². The van der Waals surface area contributed by atoms with Gasteiger partial charge in [0.25, 0.3) is 0 Å². The lowest BCUT2D eigenvalue weighted by Gasteiger charge is -2.34. The van der Waals surface area contributed by atoms with E-state index in [9.17, 15) is 4.79 Å². The Balaban J connectivity index is 1.25. The van der Waals surface area contributed by atoms with Crippen molar-refractivity contribution < 1.29 is 13.9 Å². The van der Waals surface area contributed by atoms with Gasteiger partial charge in [0, 0.05) is 60.3 Å². The van der Waals surface area contributed by atoms with Crippen LogP contribution >= 0.6 is 11.6 Å². The van der Waals surface area contributed by atoms with Gasteiger partial charge in [-0.1, -0.05) is 41.9 Å². The van der Waals surface area contributed by atoms with Gasteiger partial charge in [-0.15, -0.1) is 0 Å². The van der Waals surface area contributed by atoms with Crippen LogP contribution in [0, 0.1) is 5.82 Å². The minimum absolute atomic E-state index is 0.131. The molecule has 4 aliphatic heterocycles. The molecule has 41 heavy (non-hydrogen) atoms. The number of aromatic nitrogens is 3. The van der Waals surface area contributed by atoms with Crippen molar-refractivity contribution >= 4 is 45.0 Å². The molecule has 3 unspecified atom stereocenters. The molecule has 4 aliphatic rings. The van der Waals surface area contributed by atoms with E-state index in [0.29, 0.717) is 46.9 Å². The summed E-state index contributed by atoms with van der Waals surface area (Å²) in [6, 6.07) is 12.2. The van der Waals surface area contributed by atoms with Crippen molar-refractivity contribution in [1.29, 1.82) is 0 Å². The summed E-state index contributed by atoms with van der Waals surface area (Å²) >= 11 is 6.59. The summed E-state index contributed by atoms with van der Waals surface area (Å²) in [4.78, 5) is 30.8. The molecule has 0 spiro atoms.